The van der Waals surface area contributed by atoms with Gasteiger partial charge in [0.05, 0.1) is 0 Å². The zero-order chi connectivity index (χ0) is 8.48. The lowest BCUT2D eigenvalue weighted by Crippen LogP contribution is -2.40. The lowest BCUT2D eigenvalue weighted by atomic mass is 10.7. The van der Waals surface area contributed by atoms with Gasteiger partial charge in [-0.05, 0) is 6.07 Å². The number of hydrogen-bond donors (Lipinski definition) is 1. The van der Waals surface area contributed by atoms with Crippen molar-refractivity contribution in [2.24, 2.45) is 0 Å². The van der Waals surface area contributed by atoms with Gasteiger partial charge in [0.2, 0.25) is 5.95 Å². The molecule has 4 heteroatoms. The van der Waals surface area contributed by atoms with Crippen LogP contribution in [-0.2, 0) is 0 Å². The van der Waals surface area contributed by atoms with Crippen molar-refractivity contribution in [3.05, 3.63) is 12.3 Å². The average molecular weight is 167 g/mol. The second-order valence-corrected chi connectivity index (χ2v) is 8.56. The zero-order valence-corrected chi connectivity index (χ0v) is 8.13. The molecule has 0 aliphatic rings. The van der Waals surface area contributed by atoms with E-state index in [2.05, 4.69) is 29.6 Å². The lowest BCUT2D eigenvalue weighted by Gasteiger charge is -2.14. The topological polar surface area (TPSA) is 51.8 Å². The highest BCUT2D eigenvalue weighted by Crippen LogP contribution is 1.99. The van der Waals surface area contributed by atoms with E-state index >= 15 is 0 Å². The van der Waals surface area contributed by atoms with Crippen molar-refractivity contribution in [3.63, 3.8) is 0 Å². The number of rotatable bonds is 1. The summed E-state index contributed by atoms with van der Waals surface area (Å²) >= 11 is 0. The Kier molecular flexibility index (Phi) is 1.95. The minimum atomic E-state index is -1.30. The van der Waals surface area contributed by atoms with E-state index in [0.29, 0.717) is 5.95 Å². The number of anilines is 1. The Morgan fingerprint density at radius 2 is 2.00 bits per heavy atom. The Balaban J connectivity index is 3.06. The van der Waals surface area contributed by atoms with Crippen molar-refractivity contribution in [3.8, 4) is 0 Å². The molecule has 0 atom stereocenters. The summed E-state index contributed by atoms with van der Waals surface area (Å²) in [4.78, 5) is 8.02. The zero-order valence-electron chi connectivity index (χ0n) is 7.13. The highest BCUT2D eigenvalue weighted by molar-refractivity contribution is 6.88. The molecule has 0 saturated carbocycles. The van der Waals surface area contributed by atoms with Crippen LogP contribution in [0.5, 0.6) is 0 Å². The van der Waals surface area contributed by atoms with E-state index < -0.39 is 8.07 Å². The highest BCUT2D eigenvalue weighted by atomic mass is 28.3. The lowest BCUT2D eigenvalue weighted by molar-refractivity contribution is 1.21. The SMILES string of the molecule is C[Si](C)(C)c1ccnc(N)n1. The number of nitrogen functional groups attached to an aromatic ring is 1. The van der Waals surface area contributed by atoms with Gasteiger partial charge < -0.3 is 5.73 Å². The summed E-state index contributed by atoms with van der Waals surface area (Å²) in [5, 5.41) is 1.12. The maximum absolute atomic E-state index is 5.46. The summed E-state index contributed by atoms with van der Waals surface area (Å²) in [6.07, 6.45) is 1.72. The van der Waals surface area contributed by atoms with Crippen LogP contribution in [0.2, 0.25) is 19.6 Å². The van der Waals surface area contributed by atoms with Gasteiger partial charge in [0.15, 0.2) is 0 Å². The fourth-order valence-electron chi connectivity index (χ4n) is 0.791. The van der Waals surface area contributed by atoms with Crippen molar-refractivity contribution in [2.75, 3.05) is 5.73 Å². The molecule has 11 heavy (non-hydrogen) atoms. The predicted octanol–water partition coefficient (Wildman–Crippen LogP) is 0.604. The number of nitrogens with two attached hydrogens (primary N) is 1. The third-order valence-electron chi connectivity index (χ3n) is 1.44. The predicted molar refractivity (Wildman–Crippen MR) is 49.4 cm³/mol. The van der Waals surface area contributed by atoms with Gasteiger partial charge in [-0.3, -0.25) is 0 Å². The first kappa shape index (κ1) is 8.20. The van der Waals surface area contributed by atoms with Crippen LogP contribution < -0.4 is 11.1 Å². The van der Waals surface area contributed by atoms with Crippen LogP contribution in [0.1, 0.15) is 0 Å². The van der Waals surface area contributed by atoms with Gasteiger partial charge in [-0.25, -0.2) is 9.97 Å². The van der Waals surface area contributed by atoms with Crippen molar-refractivity contribution in [1.29, 1.82) is 0 Å². The molecule has 0 unspecified atom stereocenters. The van der Waals surface area contributed by atoms with Gasteiger partial charge in [0.1, 0.15) is 8.07 Å². The number of hydrogen-bond acceptors (Lipinski definition) is 3. The third kappa shape index (κ3) is 2.01. The summed E-state index contributed by atoms with van der Waals surface area (Å²) in [6, 6.07) is 1.95. The first-order chi connectivity index (χ1) is 5.00. The fourth-order valence-corrected chi connectivity index (χ4v) is 1.82. The van der Waals surface area contributed by atoms with Gasteiger partial charge in [-0.2, -0.15) is 0 Å². The van der Waals surface area contributed by atoms with Crippen LogP contribution in [0.4, 0.5) is 5.95 Å². The van der Waals surface area contributed by atoms with Crippen LogP contribution >= 0.6 is 0 Å². The second-order valence-electron chi connectivity index (χ2n) is 3.55. The molecule has 1 heterocycles. The molecule has 0 fully saturated rings. The van der Waals surface area contributed by atoms with E-state index in [4.69, 9.17) is 5.73 Å². The molecule has 2 N–H and O–H groups in total. The molecule has 0 aromatic carbocycles. The molecule has 1 aromatic heterocycles. The maximum Gasteiger partial charge on any atom is 0.219 e. The molecular weight excluding hydrogens is 154 g/mol. The quantitative estimate of drug-likeness (QED) is 0.623. The van der Waals surface area contributed by atoms with Crippen molar-refractivity contribution >= 4 is 19.3 Å². The Morgan fingerprint density at radius 1 is 1.36 bits per heavy atom. The molecule has 0 aliphatic heterocycles. The third-order valence-corrected chi connectivity index (χ3v) is 3.26. The Labute approximate surface area is 67.7 Å². The molecular formula is C7H13N3Si. The Morgan fingerprint density at radius 3 is 2.36 bits per heavy atom. The van der Waals surface area contributed by atoms with E-state index in [0.717, 1.165) is 5.32 Å². The van der Waals surface area contributed by atoms with E-state index in [9.17, 15) is 0 Å². The first-order valence-corrected chi connectivity index (χ1v) is 7.09. The molecule has 0 saturated heterocycles. The summed E-state index contributed by atoms with van der Waals surface area (Å²) in [5.41, 5.74) is 5.46. The molecule has 0 bridgehead atoms. The average Bonchev–Trinajstić information content (AvgIpc) is 1.86. The van der Waals surface area contributed by atoms with Crippen LogP contribution in [-0.4, -0.2) is 18.0 Å². The fraction of sp³-hybridized carbons (Fsp3) is 0.429. The van der Waals surface area contributed by atoms with E-state index in [1.54, 1.807) is 6.20 Å². The van der Waals surface area contributed by atoms with Crippen LogP contribution in [0.15, 0.2) is 12.3 Å². The monoisotopic (exact) mass is 167 g/mol. The van der Waals surface area contributed by atoms with Crippen LogP contribution in [0, 0.1) is 0 Å². The van der Waals surface area contributed by atoms with Gasteiger partial charge in [-0.1, -0.05) is 19.6 Å². The van der Waals surface area contributed by atoms with Crippen molar-refractivity contribution in [2.45, 2.75) is 19.6 Å². The molecule has 1 aromatic rings. The summed E-state index contributed by atoms with van der Waals surface area (Å²) in [5.74, 6) is 0.380. The van der Waals surface area contributed by atoms with Crippen LogP contribution in [0.3, 0.4) is 0 Å². The van der Waals surface area contributed by atoms with Gasteiger partial charge in [-0.15, -0.1) is 0 Å². The maximum atomic E-state index is 5.46. The number of aromatic nitrogens is 2. The summed E-state index contributed by atoms with van der Waals surface area (Å²) in [6.45, 7) is 6.69. The van der Waals surface area contributed by atoms with Gasteiger partial charge in [0.25, 0.3) is 0 Å². The molecule has 0 aliphatic carbocycles. The summed E-state index contributed by atoms with van der Waals surface area (Å²) < 4.78 is 0. The Hall–Kier alpha value is -0.903. The molecule has 0 radical (unpaired) electrons. The van der Waals surface area contributed by atoms with E-state index in [1.807, 2.05) is 6.07 Å². The molecule has 3 nitrogen and oxygen atoms in total. The minimum Gasteiger partial charge on any atom is -0.368 e. The van der Waals surface area contributed by atoms with Gasteiger partial charge in [0, 0.05) is 11.5 Å². The standard InChI is InChI=1S/C7H13N3Si/c1-11(2,3)6-4-5-9-7(8)10-6/h4-5H,1-3H3,(H2,8,9,10). The first-order valence-electron chi connectivity index (χ1n) is 3.59. The van der Waals surface area contributed by atoms with Gasteiger partial charge >= 0.3 is 0 Å². The smallest absolute Gasteiger partial charge is 0.219 e. The highest BCUT2D eigenvalue weighted by Gasteiger charge is 2.17. The molecule has 60 valence electrons. The molecule has 0 spiro atoms. The van der Waals surface area contributed by atoms with Crippen molar-refractivity contribution < 1.29 is 0 Å². The minimum absolute atomic E-state index is 0.380. The van der Waals surface area contributed by atoms with Crippen molar-refractivity contribution in [1.82, 2.24) is 9.97 Å². The molecule has 0 amide bonds. The largest absolute Gasteiger partial charge is 0.368 e. The Bertz CT molecular complexity index is 254. The van der Waals surface area contributed by atoms with Crippen LogP contribution in [0.25, 0.3) is 0 Å². The molecule has 1 rings (SSSR count). The second kappa shape index (κ2) is 2.62. The number of nitrogens with zero attached hydrogens (tertiary/aromatic N) is 2. The normalized spacial score (nSPS) is 11.5. The van der Waals surface area contributed by atoms with E-state index in [-0.39, 0.29) is 0 Å². The summed E-state index contributed by atoms with van der Waals surface area (Å²) in [7, 11) is -1.30. The van der Waals surface area contributed by atoms with E-state index in [1.165, 1.54) is 0 Å².